The van der Waals surface area contributed by atoms with Crippen molar-refractivity contribution in [2.24, 2.45) is 0 Å². The van der Waals surface area contributed by atoms with Crippen molar-refractivity contribution in [3.05, 3.63) is 58.1 Å². The van der Waals surface area contributed by atoms with Crippen LogP contribution in [0.2, 0.25) is 10.0 Å². The van der Waals surface area contributed by atoms with Gasteiger partial charge in [0.25, 0.3) is 0 Å². The number of carboxylic acids is 1. The minimum atomic E-state index is -1.04. The number of benzene rings is 2. The number of nitrogens with zero attached hydrogens (tertiary/aromatic N) is 2. The quantitative estimate of drug-likeness (QED) is 0.716. The number of carbonyl (C=O) groups excluding carboxylic acids is 1. The minimum Gasteiger partial charge on any atom is -0.479 e. The first-order valence-electron chi connectivity index (χ1n) is 9.72. The lowest BCUT2D eigenvalue weighted by Gasteiger charge is -2.41. The zero-order valence-electron chi connectivity index (χ0n) is 16.8. The number of anilines is 1. The summed E-state index contributed by atoms with van der Waals surface area (Å²) in [6.45, 7) is 5.21. The Morgan fingerprint density at radius 2 is 1.80 bits per heavy atom. The molecule has 0 aromatic heterocycles. The molecule has 0 radical (unpaired) electrons. The molecule has 2 aromatic carbocycles. The zero-order valence-corrected chi connectivity index (χ0v) is 18.4. The van der Waals surface area contributed by atoms with Crippen molar-refractivity contribution in [2.75, 3.05) is 24.5 Å². The molecule has 8 heteroatoms. The van der Waals surface area contributed by atoms with Crippen LogP contribution in [0.4, 0.5) is 5.69 Å². The van der Waals surface area contributed by atoms with Crippen LogP contribution in [0.25, 0.3) is 0 Å². The molecule has 2 aromatic rings. The molecule has 1 heterocycles. The van der Waals surface area contributed by atoms with Crippen molar-refractivity contribution >= 4 is 40.8 Å². The third-order valence-electron chi connectivity index (χ3n) is 5.13. The van der Waals surface area contributed by atoms with Gasteiger partial charge >= 0.3 is 5.97 Å². The van der Waals surface area contributed by atoms with Crippen LogP contribution >= 0.6 is 23.2 Å². The van der Waals surface area contributed by atoms with E-state index in [1.54, 1.807) is 30.3 Å². The molecule has 1 N–H and O–H groups in total. The number of ether oxygens (including phenoxy) is 1. The van der Waals surface area contributed by atoms with E-state index in [0.29, 0.717) is 41.8 Å². The molecule has 1 aliphatic heterocycles. The fourth-order valence-corrected chi connectivity index (χ4v) is 3.80. The third kappa shape index (κ3) is 5.37. The van der Waals surface area contributed by atoms with E-state index in [2.05, 4.69) is 4.90 Å². The van der Waals surface area contributed by atoms with Gasteiger partial charge in [-0.3, -0.25) is 4.79 Å². The smallest absolute Gasteiger partial charge is 0.344 e. The topological polar surface area (TPSA) is 70.1 Å². The normalized spacial score (nSPS) is 17.5. The van der Waals surface area contributed by atoms with Gasteiger partial charge in [0.15, 0.2) is 6.10 Å². The Kier molecular flexibility index (Phi) is 7.10. The highest BCUT2D eigenvalue weighted by Crippen LogP contribution is 2.33. The molecule has 6 nitrogen and oxygen atoms in total. The van der Waals surface area contributed by atoms with E-state index in [-0.39, 0.29) is 11.9 Å². The first-order valence-corrected chi connectivity index (χ1v) is 10.5. The maximum atomic E-state index is 12.8. The predicted octanol–water partition coefficient (Wildman–Crippen LogP) is 4.13. The van der Waals surface area contributed by atoms with Gasteiger partial charge in [-0.25, -0.2) is 4.79 Å². The number of carbonyl (C=O) groups is 2. The fourth-order valence-electron chi connectivity index (χ4n) is 3.50. The highest BCUT2D eigenvalue weighted by molar-refractivity contribution is 6.31. The number of carboxylic acid groups (broad SMARTS) is 1. The number of piperazine rings is 1. The van der Waals surface area contributed by atoms with Crippen LogP contribution in [-0.2, 0) is 16.0 Å². The first-order chi connectivity index (χ1) is 14.2. The minimum absolute atomic E-state index is 0.0257. The maximum absolute atomic E-state index is 12.8. The van der Waals surface area contributed by atoms with Gasteiger partial charge < -0.3 is 19.6 Å². The lowest BCUT2D eigenvalue weighted by molar-refractivity contribution is -0.144. The molecule has 3 rings (SSSR count). The summed E-state index contributed by atoms with van der Waals surface area (Å²) in [5, 5.41) is 10.3. The highest BCUT2D eigenvalue weighted by atomic mass is 35.5. The van der Waals surface area contributed by atoms with Gasteiger partial charge in [-0.05, 0) is 49.7 Å². The van der Waals surface area contributed by atoms with E-state index in [1.165, 1.54) is 6.92 Å². The number of aliphatic carboxylic acids is 1. The lowest BCUT2D eigenvalue weighted by atomic mass is 10.1. The Morgan fingerprint density at radius 1 is 1.13 bits per heavy atom. The van der Waals surface area contributed by atoms with Crippen molar-refractivity contribution in [1.29, 1.82) is 0 Å². The average Bonchev–Trinajstić information content (AvgIpc) is 2.70. The van der Waals surface area contributed by atoms with Gasteiger partial charge in [-0.15, -0.1) is 0 Å². The fraction of sp³-hybridized carbons (Fsp3) is 0.364. The first kappa shape index (κ1) is 22.2. The Hall–Kier alpha value is -2.44. The molecule has 1 amide bonds. The molecule has 30 heavy (non-hydrogen) atoms. The Balaban J connectivity index is 1.70. The van der Waals surface area contributed by atoms with Gasteiger partial charge in [-0.1, -0.05) is 35.3 Å². The second-order valence-corrected chi connectivity index (χ2v) is 8.27. The Bertz CT molecular complexity index is 920. The number of amides is 1. The molecule has 0 spiro atoms. The molecule has 160 valence electrons. The molecular formula is C22H24Cl2N2O4. The van der Waals surface area contributed by atoms with Crippen LogP contribution in [0, 0.1) is 0 Å². The molecule has 1 saturated heterocycles. The summed E-state index contributed by atoms with van der Waals surface area (Å²) in [4.78, 5) is 27.9. The summed E-state index contributed by atoms with van der Waals surface area (Å²) in [5.74, 6) is -0.518. The number of hydrogen-bond donors (Lipinski definition) is 1. The Morgan fingerprint density at radius 3 is 2.43 bits per heavy atom. The average molecular weight is 451 g/mol. The third-order valence-corrected chi connectivity index (χ3v) is 5.62. The van der Waals surface area contributed by atoms with Crippen molar-refractivity contribution in [3.63, 3.8) is 0 Å². The van der Waals surface area contributed by atoms with E-state index in [0.717, 1.165) is 11.3 Å². The monoisotopic (exact) mass is 450 g/mol. The summed E-state index contributed by atoms with van der Waals surface area (Å²) in [5.41, 5.74) is 1.65. The van der Waals surface area contributed by atoms with E-state index in [4.69, 9.17) is 33.0 Å². The van der Waals surface area contributed by atoms with E-state index in [9.17, 15) is 9.59 Å². The zero-order chi connectivity index (χ0) is 21.8. The van der Waals surface area contributed by atoms with Gasteiger partial charge in [0.1, 0.15) is 5.75 Å². The summed E-state index contributed by atoms with van der Waals surface area (Å²) < 4.78 is 5.62. The van der Waals surface area contributed by atoms with Crippen LogP contribution in [0.15, 0.2) is 42.5 Å². The summed E-state index contributed by atoms with van der Waals surface area (Å²) >= 11 is 12.1. The van der Waals surface area contributed by atoms with E-state index >= 15 is 0 Å². The van der Waals surface area contributed by atoms with Crippen LogP contribution < -0.4 is 9.64 Å². The largest absolute Gasteiger partial charge is 0.479 e. The molecule has 0 saturated carbocycles. The molecule has 0 bridgehead atoms. The predicted molar refractivity (Wildman–Crippen MR) is 118 cm³/mol. The van der Waals surface area contributed by atoms with Crippen molar-refractivity contribution < 1.29 is 19.4 Å². The van der Waals surface area contributed by atoms with Crippen LogP contribution in [0.3, 0.4) is 0 Å². The van der Waals surface area contributed by atoms with Crippen LogP contribution in [-0.4, -0.2) is 53.7 Å². The van der Waals surface area contributed by atoms with Gasteiger partial charge in [0, 0.05) is 35.7 Å². The molecule has 2 unspecified atom stereocenters. The molecule has 1 aliphatic rings. The molecule has 1 fully saturated rings. The maximum Gasteiger partial charge on any atom is 0.344 e. The van der Waals surface area contributed by atoms with Crippen molar-refractivity contribution in [1.82, 2.24) is 4.90 Å². The molecule has 2 atom stereocenters. The van der Waals surface area contributed by atoms with Gasteiger partial charge in [-0.2, -0.15) is 0 Å². The van der Waals surface area contributed by atoms with Crippen molar-refractivity contribution in [3.8, 4) is 5.75 Å². The van der Waals surface area contributed by atoms with Crippen LogP contribution in [0.5, 0.6) is 5.75 Å². The van der Waals surface area contributed by atoms with Gasteiger partial charge in [0.05, 0.1) is 12.1 Å². The van der Waals surface area contributed by atoms with Gasteiger partial charge in [0.2, 0.25) is 5.91 Å². The summed E-state index contributed by atoms with van der Waals surface area (Å²) in [6, 6.07) is 12.4. The van der Waals surface area contributed by atoms with Crippen molar-refractivity contribution in [2.45, 2.75) is 32.4 Å². The highest BCUT2D eigenvalue weighted by Gasteiger charge is 2.29. The van der Waals surface area contributed by atoms with E-state index < -0.39 is 12.1 Å². The number of hydrogen-bond acceptors (Lipinski definition) is 4. The second kappa shape index (κ2) is 9.58. The van der Waals surface area contributed by atoms with Crippen LogP contribution in [0.1, 0.15) is 19.4 Å². The lowest BCUT2D eigenvalue weighted by Crippen LogP contribution is -2.54. The number of rotatable bonds is 6. The number of halogens is 2. The second-order valence-electron chi connectivity index (χ2n) is 7.40. The molecular weight excluding hydrogens is 427 g/mol. The molecule has 0 aliphatic carbocycles. The SMILES string of the molecule is CC(Oc1ccc(Cl)cc1N1CCN(C(=O)Cc2ccc(Cl)cc2)C(C)C1)C(=O)O. The summed E-state index contributed by atoms with van der Waals surface area (Å²) in [6.07, 6.45) is -0.659. The van der Waals surface area contributed by atoms with E-state index in [1.807, 2.05) is 24.0 Å². The summed E-state index contributed by atoms with van der Waals surface area (Å²) in [7, 11) is 0. The standard InChI is InChI=1S/C22H24Cl2N2O4/c1-14-13-25(19-12-18(24)7-8-20(19)30-15(2)22(28)29)9-10-26(14)21(27)11-16-3-5-17(23)6-4-16/h3-8,12,14-15H,9-11,13H2,1-2H3,(H,28,29). The Labute approximate surface area is 185 Å².